The molecule has 0 unspecified atom stereocenters. The highest BCUT2D eigenvalue weighted by Gasteiger charge is 2.33. The first-order valence-corrected chi connectivity index (χ1v) is 10.2. The molecule has 0 amide bonds. The number of thioether (sulfide) groups is 1. The minimum Gasteiger partial charge on any atom is -0.506 e. The molecule has 31 heavy (non-hydrogen) atoms. The molecule has 3 rings (SSSR count). The molecule has 0 aromatic heterocycles. The number of carbonyl (C=O) groups excluding carboxylic acids is 1. The van der Waals surface area contributed by atoms with Crippen molar-refractivity contribution in [3.05, 3.63) is 63.2 Å². The Kier molecular flexibility index (Phi) is 7.14. The fourth-order valence-electron chi connectivity index (χ4n) is 2.92. The Hall–Kier alpha value is -3.10. The number of rotatable bonds is 6. The van der Waals surface area contributed by atoms with Crippen molar-refractivity contribution in [2.75, 3.05) is 28.4 Å². The summed E-state index contributed by atoms with van der Waals surface area (Å²) in [6, 6.07) is 10.4. The van der Waals surface area contributed by atoms with Crippen molar-refractivity contribution in [3.8, 4) is 17.2 Å². The third kappa shape index (κ3) is 4.50. The zero-order valence-corrected chi connectivity index (χ0v) is 18.8. The summed E-state index contributed by atoms with van der Waals surface area (Å²) in [7, 11) is 5.76. The van der Waals surface area contributed by atoms with Crippen LogP contribution in [0.5, 0.6) is 17.2 Å². The van der Waals surface area contributed by atoms with Gasteiger partial charge in [0.15, 0.2) is 11.5 Å². The molecule has 2 aromatic rings. The van der Waals surface area contributed by atoms with E-state index in [-0.39, 0.29) is 16.4 Å². The maximum absolute atomic E-state index is 12.4. The van der Waals surface area contributed by atoms with Gasteiger partial charge >= 0.3 is 5.97 Å². The summed E-state index contributed by atoms with van der Waals surface area (Å²) in [4.78, 5) is 17.2. The van der Waals surface area contributed by atoms with E-state index in [4.69, 9.17) is 30.5 Å². The van der Waals surface area contributed by atoms with E-state index >= 15 is 0 Å². The number of halogens is 1. The summed E-state index contributed by atoms with van der Waals surface area (Å²) in [6.07, 6.45) is 1.67. The molecule has 0 saturated heterocycles. The van der Waals surface area contributed by atoms with Gasteiger partial charge in [-0.2, -0.15) is 0 Å². The highest BCUT2D eigenvalue weighted by atomic mass is 35.5. The highest BCUT2D eigenvalue weighted by molar-refractivity contribution is 8.18. The van der Waals surface area contributed by atoms with E-state index in [1.165, 1.54) is 28.4 Å². The Morgan fingerprint density at radius 2 is 1.74 bits per heavy atom. The number of carbonyl (C=O) groups is 1. The van der Waals surface area contributed by atoms with Crippen LogP contribution in [0, 0.1) is 0 Å². The maximum atomic E-state index is 12.4. The molecule has 2 aromatic carbocycles. The molecule has 0 saturated carbocycles. The first-order valence-electron chi connectivity index (χ1n) is 8.99. The molecule has 0 fully saturated rings. The molecule has 162 valence electrons. The summed E-state index contributed by atoms with van der Waals surface area (Å²) < 4.78 is 21.0. The van der Waals surface area contributed by atoms with Gasteiger partial charge < -0.3 is 24.1 Å². The minimum absolute atomic E-state index is 0.0434. The van der Waals surface area contributed by atoms with Crippen LogP contribution in [0.1, 0.15) is 5.56 Å². The number of hydrogen-bond acceptors (Lipinski definition) is 8. The summed E-state index contributed by atoms with van der Waals surface area (Å²) in [5, 5.41) is 11.5. The van der Waals surface area contributed by atoms with Crippen LogP contribution in [0.25, 0.3) is 6.08 Å². The molecule has 0 atom stereocenters. The topological polar surface area (TPSA) is 86.6 Å². The fraction of sp³-hybridized carbons (Fsp3) is 0.182. The number of hydrogen-bond donors (Lipinski definition) is 1. The van der Waals surface area contributed by atoms with Crippen molar-refractivity contribution in [3.63, 3.8) is 0 Å². The van der Waals surface area contributed by atoms with Crippen molar-refractivity contribution in [2.45, 2.75) is 0 Å². The lowest BCUT2D eigenvalue weighted by Gasteiger charge is -2.14. The molecule has 1 heterocycles. The maximum Gasteiger partial charge on any atom is 0.344 e. The van der Waals surface area contributed by atoms with E-state index in [1.54, 1.807) is 42.5 Å². The quantitative estimate of drug-likeness (QED) is 0.594. The molecular formula is C22H20ClNO6S. The predicted molar refractivity (Wildman–Crippen MR) is 122 cm³/mol. The SMILES string of the molecule is COC(=O)C1=C(O)C(=Cc2ccc(OC)c(OC)c2OC)SC1=Nc1ccccc1Cl. The van der Waals surface area contributed by atoms with Gasteiger partial charge in [-0.1, -0.05) is 35.5 Å². The highest BCUT2D eigenvalue weighted by Crippen LogP contribution is 2.45. The van der Waals surface area contributed by atoms with Gasteiger partial charge in [-0.05, 0) is 30.3 Å². The number of nitrogens with zero attached hydrogens (tertiary/aromatic N) is 1. The summed E-state index contributed by atoms with van der Waals surface area (Å²) in [6.45, 7) is 0. The molecule has 0 radical (unpaired) electrons. The standard InChI is InChI=1S/C22H20ClNO6S/c1-27-15-10-9-12(19(28-2)20(15)29-3)11-16-18(25)17(22(26)30-4)21(31-16)24-14-8-6-5-7-13(14)23/h5-11,25H,1-4H3. The Labute approximate surface area is 188 Å². The van der Waals surface area contributed by atoms with Crippen LogP contribution in [0.15, 0.2) is 57.6 Å². The van der Waals surface area contributed by atoms with E-state index in [2.05, 4.69) is 4.99 Å². The summed E-state index contributed by atoms with van der Waals surface area (Å²) in [5.41, 5.74) is 1.03. The van der Waals surface area contributed by atoms with E-state index in [0.29, 0.717) is 38.4 Å². The number of aliphatic imine (C=N–C) groups is 1. The Morgan fingerprint density at radius 3 is 2.35 bits per heavy atom. The number of aliphatic hydroxyl groups is 1. The second kappa shape index (κ2) is 9.80. The number of ether oxygens (including phenoxy) is 4. The zero-order valence-electron chi connectivity index (χ0n) is 17.3. The van der Waals surface area contributed by atoms with Crippen LogP contribution in [0.4, 0.5) is 5.69 Å². The molecule has 0 aliphatic carbocycles. The first-order chi connectivity index (χ1) is 14.9. The van der Waals surface area contributed by atoms with Gasteiger partial charge in [0.05, 0.1) is 44.1 Å². The lowest BCUT2D eigenvalue weighted by atomic mass is 10.1. The molecule has 1 N–H and O–H groups in total. The van der Waals surface area contributed by atoms with Crippen molar-refractivity contribution in [1.29, 1.82) is 0 Å². The number of aliphatic hydroxyl groups excluding tert-OH is 1. The molecule has 0 spiro atoms. The van der Waals surface area contributed by atoms with Gasteiger partial charge in [0.1, 0.15) is 16.4 Å². The van der Waals surface area contributed by atoms with Gasteiger partial charge in [-0.15, -0.1) is 0 Å². The van der Waals surface area contributed by atoms with Gasteiger partial charge in [-0.25, -0.2) is 9.79 Å². The lowest BCUT2D eigenvalue weighted by Crippen LogP contribution is -2.10. The first kappa shape index (κ1) is 22.6. The van der Waals surface area contributed by atoms with Crippen molar-refractivity contribution in [1.82, 2.24) is 0 Å². The average molecular weight is 462 g/mol. The Morgan fingerprint density at radius 1 is 1.03 bits per heavy atom. The number of benzene rings is 2. The van der Waals surface area contributed by atoms with Gasteiger partial charge in [0.25, 0.3) is 0 Å². The number of methoxy groups -OCH3 is 4. The fourth-order valence-corrected chi connectivity index (χ4v) is 4.12. The number of para-hydroxylation sites is 1. The van der Waals surface area contributed by atoms with Crippen LogP contribution >= 0.6 is 23.4 Å². The lowest BCUT2D eigenvalue weighted by molar-refractivity contribution is -0.135. The van der Waals surface area contributed by atoms with Crippen molar-refractivity contribution in [2.24, 2.45) is 4.99 Å². The van der Waals surface area contributed by atoms with Crippen molar-refractivity contribution < 1.29 is 28.8 Å². The van der Waals surface area contributed by atoms with E-state index in [9.17, 15) is 9.90 Å². The van der Waals surface area contributed by atoms with Crippen LogP contribution in [0.2, 0.25) is 5.02 Å². The van der Waals surface area contributed by atoms with Crippen LogP contribution in [-0.4, -0.2) is 44.6 Å². The second-order valence-corrected chi connectivity index (χ2v) is 7.56. The van der Waals surface area contributed by atoms with Crippen LogP contribution in [-0.2, 0) is 9.53 Å². The summed E-state index contributed by atoms with van der Waals surface area (Å²) in [5.74, 6) is 0.359. The molecule has 0 bridgehead atoms. The van der Waals surface area contributed by atoms with Gasteiger partial charge in [0.2, 0.25) is 5.75 Å². The van der Waals surface area contributed by atoms with Crippen molar-refractivity contribution >= 4 is 46.1 Å². The normalized spacial score (nSPS) is 16.0. The monoisotopic (exact) mass is 461 g/mol. The molecule has 7 nitrogen and oxygen atoms in total. The van der Waals surface area contributed by atoms with Gasteiger partial charge in [-0.3, -0.25) is 0 Å². The minimum atomic E-state index is -0.710. The molecular weight excluding hydrogens is 442 g/mol. The van der Waals surface area contributed by atoms with E-state index in [1.807, 2.05) is 0 Å². The third-order valence-electron chi connectivity index (χ3n) is 4.38. The zero-order chi connectivity index (χ0) is 22.5. The molecule has 9 heteroatoms. The molecule has 1 aliphatic rings. The van der Waals surface area contributed by atoms with E-state index in [0.717, 1.165) is 11.8 Å². The molecule has 1 aliphatic heterocycles. The van der Waals surface area contributed by atoms with Crippen LogP contribution in [0.3, 0.4) is 0 Å². The van der Waals surface area contributed by atoms with Gasteiger partial charge in [0, 0.05) is 5.56 Å². The average Bonchev–Trinajstić information content (AvgIpc) is 3.08. The largest absolute Gasteiger partial charge is 0.506 e. The van der Waals surface area contributed by atoms with Crippen LogP contribution < -0.4 is 14.2 Å². The van der Waals surface area contributed by atoms with E-state index < -0.39 is 5.97 Å². The smallest absolute Gasteiger partial charge is 0.344 e. The third-order valence-corrected chi connectivity index (χ3v) is 5.72. The Bertz CT molecular complexity index is 1110. The Balaban J connectivity index is 2.13. The number of esters is 1. The predicted octanol–water partition coefficient (Wildman–Crippen LogP) is 5.17. The summed E-state index contributed by atoms with van der Waals surface area (Å²) >= 11 is 7.31. The second-order valence-electron chi connectivity index (χ2n) is 6.12.